The van der Waals surface area contributed by atoms with Gasteiger partial charge in [-0.15, -0.1) is 0 Å². The minimum atomic E-state index is -4.47. The van der Waals surface area contributed by atoms with Gasteiger partial charge in [0.05, 0.1) is 23.2 Å². The van der Waals surface area contributed by atoms with Crippen LogP contribution < -0.4 is 10.6 Å². The molecule has 0 bridgehead atoms. The van der Waals surface area contributed by atoms with Crippen molar-refractivity contribution in [3.05, 3.63) is 89.0 Å². The highest BCUT2D eigenvalue weighted by Crippen LogP contribution is 2.29. The number of amides is 2. The number of hydrogen-bond acceptors (Lipinski definition) is 5. The molecule has 1 fully saturated rings. The van der Waals surface area contributed by atoms with Crippen molar-refractivity contribution in [3.63, 3.8) is 0 Å². The molecular formula is C26H22F4N6O2. The molecular weight excluding hydrogens is 504 g/mol. The van der Waals surface area contributed by atoms with Crippen molar-refractivity contribution in [1.82, 2.24) is 19.7 Å². The molecule has 2 aromatic carbocycles. The Balaban J connectivity index is 1.28. The summed E-state index contributed by atoms with van der Waals surface area (Å²) in [7, 11) is 0. The molecule has 1 saturated heterocycles. The van der Waals surface area contributed by atoms with Crippen LogP contribution in [-0.4, -0.2) is 57.7 Å². The van der Waals surface area contributed by atoms with Gasteiger partial charge in [-0.1, -0.05) is 18.2 Å². The fourth-order valence-corrected chi connectivity index (χ4v) is 4.45. The third-order valence-corrected chi connectivity index (χ3v) is 6.42. The molecule has 0 unspecified atom stereocenters. The van der Waals surface area contributed by atoms with Gasteiger partial charge in [-0.05, 0) is 35.9 Å². The van der Waals surface area contributed by atoms with E-state index in [0.717, 1.165) is 17.6 Å². The Bertz CT molecular complexity index is 1510. The van der Waals surface area contributed by atoms with Crippen molar-refractivity contribution < 1.29 is 27.2 Å². The van der Waals surface area contributed by atoms with Crippen LogP contribution in [0.15, 0.2) is 60.9 Å². The second kappa shape index (κ2) is 9.77. The van der Waals surface area contributed by atoms with Gasteiger partial charge in [0.25, 0.3) is 11.8 Å². The summed E-state index contributed by atoms with van der Waals surface area (Å²) in [5, 5.41) is 5.15. The fourth-order valence-electron chi connectivity index (χ4n) is 4.45. The molecule has 0 radical (unpaired) electrons. The summed E-state index contributed by atoms with van der Waals surface area (Å²) in [4.78, 5) is 32.0. The number of piperazine rings is 1. The van der Waals surface area contributed by atoms with Crippen LogP contribution in [0.2, 0.25) is 0 Å². The van der Waals surface area contributed by atoms with Gasteiger partial charge >= 0.3 is 6.18 Å². The lowest BCUT2D eigenvalue weighted by Crippen LogP contribution is -2.49. The number of carbonyl (C=O) groups is 2. The average Bonchev–Trinajstić information content (AvgIpc) is 3.31. The zero-order chi connectivity index (χ0) is 27.0. The smallest absolute Gasteiger partial charge is 0.366 e. The Morgan fingerprint density at radius 1 is 0.974 bits per heavy atom. The lowest BCUT2D eigenvalue weighted by atomic mass is 10.1. The largest absolute Gasteiger partial charge is 0.417 e. The maximum atomic E-state index is 14.7. The van der Waals surface area contributed by atoms with Crippen molar-refractivity contribution >= 4 is 28.5 Å². The van der Waals surface area contributed by atoms with Crippen LogP contribution in [-0.2, 0) is 12.7 Å². The summed E-state index contributed by atoms with van der Waals surface area (Å²) in [6.45, 7) is 1.43. The van der Waals surface area contributed by atoms with E-state index in [2.05, 4.69) is 10.1 Å². The predicted octanol–water partition coefficient (Wildman–Crippen LogP) is 3.70. The van der Waals surface area contributed by atoms with Gasteiger partial charge < -0.3 is 15.5 Å². The zero-order valence-corrected chi connectivity index (χ0v) is 20.0. The van der Waals surface area contributed by atoms with Crippen molar-refractivity contribution in [3.8, 4) is 0 Å². The minimum Gasteiger partial charge on any atom is -0.366 e. The number of fused-ring (bicyclic) bond motifs is 1. The molecule has 0 atom stereocenters. The van der Waals surface area contributed by atoms with Crippen molar-refractivity contribution in [2.45, 2.75) is 12.7 Å². The Morgan fingerprint density at radius 2 is 1.74 bits per heavy atom. The summed E-state index contributed by atoms with van der Waals surface area (Å²) in [6, 6.07) is 11.6. The van der Waals surface area contributed by atoms with Crippen LogP contribution >= 0.6 is 0 Å². The van der Waals surface area contributed by atoms with Gasteiger partial charge in [0.2, 0.25) is 0 Å². The van der Waals surface area contributed by atoms with Crippen molar-refractivity contribution in [2.24, 2.45) is 5.73 Å². The predicted molar refractivity (Wildman–Crippen MR) is 131 cm³/mol. The zero-order valence-electron chi connectivity index (χ0n) is 20.0. The Morgan fingerprint density at radius 3 is 2.39 bits per heavy atom. The number of primary amides is 1. The molecule has 0 aliphatic carbocycles. The second-order valence-corrected chi connectivity index (χ2v) is 8.93. The first kappa shape index (κ1) is 25.2. The average molecular weight is 526 g/mol. The molecule has 2 aromatic heterocycles. The molecule has 8 nitrogen and oxygen atoms in total. The number of nitrogens with zero attached hydrogens (tertiary/aromatic N) is 5. The fraction of sp³-hybridized carbons (Fsp3) is 0.231. The standard InChI is InChI=1S/C26H22F4N6O2/c27-21-6-4-16(14-36-15-17-2-1-3-19(24(31)37)23(17)33-36)12-20(21)25(38)35-10-8-34(9-11-35)22-7-5-18(13-32-22)26(28,29)30/h1-7,12-13,15H,8-11,14H2,(H2,31,37). The first-order valence-corrected chi connectivity index (χ1v) is 11.7. The normalized spacial score (nSPS) is 14.2. The lowest BCUT2D eigenvalue weighted by Gasteiger charge is -2.35. The molecule has 38 heavy (non-hydrogen) atoms. The van der Waals surface area contributed by atoms with Crippen LogP contribution in [0.1, 0.15) is 31.8 Å². The lowest BCUT2D eigenvalue weighted by molar-refractivity contribution is -0.137. The number of alkyl halides is 3. The molecule has 3 heterocycles. The number of aromatic nitrogens is 3. The van der Waals surface area contributed by atoms with E-state index in [1.807, 2.05) is 0 Å². The molecule has 0 spiro atoms. The summed E-state index contributed by atoms with van der Waals surface area (Å²) in [6.07, 6.45) is -1.95. The van der Waals surface area contributed by atoms with Crippen LogP contribution in [0.25, 0.3) is 10.9 Å². The second-order valence-electron chi connectivity index (χ2n) is 8.93. The summed E-state index contributed by atoms with van der Waals surface area (Å²) >= 11 is 0. The topological polar surface area (TPSA) is 97.3 Å². The van der Waals surface area contributed by atoms with E-state index in [1.54, 1.807) is 40.0 Å². The van der Waals surface area contributed by atoms with Crippen molar-refractivity contribution in [1.29, 1.82) is 0 Å². The molecule has 1 aliphatic rings. The molecule has 196 valence electrons. The number of pyridine rings is 1. The number of nitrogens with two attached hydrogens (primary N) is 1. The Labute approximate surface area is 214 Å². The first-order valence-electron chi connectivity index (χ1n) is 11.7. The number of anilines is 1. The van der Waals surface area contributed by atoms with Crippen molar-refractivity contribution in [2.75, 3.05) is 31.1 Å². The number of carbonyl (C=O) groups excluding carboxylic acids is 2. The third kappa shape index (κ3) is 5.01. The van der Waals surface area contributed by atoms with Gasteiger partial charge in [-0.3, -0.25) is 14.3 Å². The highest BCUT2D eigenvalue weighted by molar-refractivity contribution is 6.04. The molecule has 2 amide bonds. The van der Waals surface area contributed by atoms with Crippen LogP contribution in [0.4, 0.5) is 23.4 Å². The number of benzene rings is 2. The van der Waals surface area contributed by atoms with Crippen LogP contribution in [0.3, 0.4) is 0 Å². The number of rotatable bonds is 5. The first-order chi connectivity index (χ1) is 18.1. The van der Waals surface area contributed by atoms with Gasteiger partial charge in [0.1, 0.15) is 17.2 Å². The quantitative estimate of drug-likeness (QED) is 0.400. The SMILES string of the molecule is NC(=O)c1cccc2cn(Cc3ccc(F)c(C(=O)N4CCN(c5ccc(C(F)(F)F)cn5)CC4)c3)nc12. The Hall–Kier alpha value is -4.48. The maximum Gasteiger partial charge on any atom is 0.417 e. The van der Waals surface area contributed by atoms with E-state index in [9.17, 15) is 27.2 Å². The van der Waals surface area contributed by atoms with Gasteiger partial charge in [0.15, 0.2) is 0 Å². The monoisotopic (exact) mass is 526 g/mol. The molecule has 1 aliphatic heterocycles. The summed E-state index contributed by atoms with van der Waals surface area (Å²) in [5.74, 6) is -1.35. The van der Waals surface area contributed by atoms with E-state index in [0.29, 0.717) is 35.6 Å². The molecule has 4 aromatic rings. The number of hydrogen-bond donors (Lipinski definition) is 1. The molecule has 5 rings (SSSR count). The van der Waals surface area contributed by atoms with E-state index >= 15 is 0 Å². The highest BCUT2D eigenvalue weighted by atomic mass is 19.4. The maximum absolute atomic E-state index is 14.7. The van der Waals surface area contributed by atoms with Gasteiger partial charge in [-0.25, -0.2) is 9.37 Å². The molecule has 0 saturated carbocycles. The third-order valence-electron chi connectivity index (χ3n) is 6.42. The van der Waals surface area contributed by atoms with E-state index in [4.69, 9.17) is 5.73 Å². The van der Waals surface area contributed by atoms with Gasteiger partial charge in [-0.2, -0.15) is 18.3 Å². The summed E-state index contributed by atoms with van der Waals surface area (Å²) in [5.41, 5.74) is 5.90. The molecule has 12 heteroatoms. The summed E-state index contributed by atoms with van der Waals surface area (Å²) < 4.78 is 54.6. The molecule has 2 N–H and O–H groups in total. The van der Waals surface area contributed by atoms with Gasteiger partial charge in [0, 0.05) is 44.0 Å². The number of halogens is 4. The van der Waals surface area contributed by atoms with E-state index in [-0.39, 0.29) is 25.2 Å². The Kier molecular flexibility index (Phi) is 6.47. The van der Waals surface area contributed by atoms with E-state index < -0.39 is 29.4 Å². The van der Waals surface area contributed by atoms with E-state index in [1.165, 1.54) is 23.1 Å². The van der Waals surface area contributed by atoms with Crippen LogP contribution in [0, 0.1) is 5.82 Å². The minimum absolute atomic E-state index is 0.0851. The highest BCUT2D eigenvalue weighted by Gasteiger charge is 2.31. The van der Waals surface area contributed by atoms with Crippen LogP contribution in [0.5, 0.6) is 0 Å².